The third-order valence-electron chi connectivity index (χ3n) is 4.46. The van der Waals surface area contributed by atoms with Crippen LogP contribution in [0.15, 0.2) is 61.3 Å². The zero-order chi connectivity index (χ0) is 20.5. The molecule has 0 aliphatic rings. The van der Waals surface area contributed by atoms with Gasteiger partial charge in [-0.3, -0.25) is 0 Å². The Hall–Kier alpha value is -2.46. The number of aromatic nitrogens is 2. The third-order valence-corrected chi connectivity index (χ3v) is 6.56. The van der Waals surface area contributed by atoms with Gasteiger partial charge in [0.05, 0.1) is 21.1 Å². The molecule has 4 nitrogen and oxygen atoms in total. The Balaban J connectivity index is 1.65. The third kappa shape index (κ3) is 4.27. The van der Waals surface area contributed by atoms with E-state index in [2.05, 4.69) is 38.9 Å². The van der Waals surface area contributed by atoms with E-state index in [9.17, 15) is 5.26 Å². The van der Waals surface area contributed by atoms with Gasteiger partial charge in [-0.05, 0) is 83.4 Å². The molecule has 0 radical (unpaired) electrons. The fourth-order valence-electron chi connectivity index (χ4n) is 2.81. The van der Waals surface area contributed by atoms with Crippen LogP contribution in [-0.2, 0) is 0 Å². The number of furan rings is 1. The summed E-state index contributed by atoms with van der Waals surface area (Å²) in [6.07, 6.45) is 1.69. The molecule has 2 aromatic heterocycles. The van der Waals surface area contributed by atoms with Gasteiger partial charge in [0, 0.05) is 16.0 Å². The lowest BCUT2D eigenvalue weighted by Gasteiger charge is -1.98. The minimum atomic E-state index is 0.404. The number of hydrogen-bond acceptors (Lipinski definition) is 4. The molecule has 0 saturated heterocycles. The van der Waals surface area contributed by atoms with Gasteiger partial charge in [-0.2, -0.15) is 5.26 Å². The van der Waals surface area contributed by atoms with Crippen LogP contribution < -0.4 is 0 Å². The highest BCUT2D eigenvalue weighted by Gasteiger charge is 2.13. The van der Waals surface area contributed by atoms with E-state index in [0.29, 0.717) is 27.3 Å². The summed E-state index contributed by atoms with van der Waals surface area (Å²) in [6.45, 7) is 4.10. The summed E-state index contributed by atoms with van der Waals surface area (Å²) in [6, 6.07) is 15.6. The van der Waals surface area contributed by atoms with Crippen LogP contribution in [0.4, 0.5) is 0 Å². The van der Waals surface area contributed by atoms with Gasteiger partial charge < -0.3 is 9.40 Å². The highest BCUT2D eigenvalue weighted by molar-refractivity contribution is 9.10. The highest BCUT2D eigenvalue weighted by Crippen LogP contribution is 2.37. The number of halogens is 2. The molecule has 0 aliphatic heterocycles. The maximum Gasteiger partial charge on any atom is 0.179 e. The molecule has 4 rings (SSSR count). The zero-order valence-electron chi connectivity index (χ0n) is 15.6. The smallest absolute Gasteiger partial charge is 0.179 e. The first-order valence-corrected chi connectivity index (χ1v) is 10.7. The van der Waals surface area contributed by atoms with Crippen molar-refractivity contribution in [3.05, 3.63) is 74.7 Å². The van der Waals surface area contributed by atoms with Crippen molar-refractivity contribution >= 4 is 62.0 Å². The Morgan fingerprint density at radius 1 is 1.21 bits per heavy atom. The molecule has 0 amide bonds. The summed E-state index contributed by atoms with van der Waals surface area (Å²) in [5, 5.41) is 11.1. The Morgan fingerprint density at radius 2 is 1.93 bits per heavy atom. The lowest BCUT2D eigenvalue weighted by Crippen LogP contribution is -1.84. The van der Waals surface area contributed by atoms with E-state index in [4.69, 9.17) is 16.0 Å². The number of H-pyrrole nitrogens is 1. The monoisotopic (exact) mass is 483 g/mol. The van der Waals surface area contributed by atoms with Gasteiger partial charge >= 0.3 is 0 Å². The van der Waals surface area contributed by atoms with Crippen LogP contribution in [0, 0.1) is 25.2 Å². The average Bonchev–Trinajstić information content (AvgIpc) is 3.25. The van der Waals surface area contributed by atoms with Crippen molar-refractivity contribution in [2.45, 2.75) is 23.8 Å². The van der Waals surface area contributed by atoms with Gasteiger partial charge in [0.15, 0.2) is 5.09 Å². The van der Waals surface area contributed by atoms with E-state index in [1.165, 1.54) is 17.3 Å². The van der Waals surface area contributed by atoms with Crippen LogP contribution >= 0.6 is 39.3 Å². The fourth-order valence-corrected chi connectivity index (χ4v) is 4.27. The number of benzene rings is 2. The topological polar surface area (TPSA) is 65.6 Å². The Morgan fingerprint density at radius 3 is 2.66 bits per heavy atom. The van der Waals surface area contributed by atoms with Gasteiger partial charge in [0.1, 0.15) is 17.7 Å². The predicted molar refractivity (Wildman–Crippen MR) is 121 cm³/mol. The number of nitrogens with one attached hydrogen (secondary N) is 1. The highest BCUT2D eigenvalue weighted by atomic mass is 79.9. The second-order valence-electron chi connectivity index (χ2n) is 6.55. The average molecular weight is 485 g/mol. The summed E-state index contributed by atoms with van der Waals surface area (Å²) in [5.74, 6) is 1.09. The lowest BCUT2D eigenvalue weighted by atomic mass is 10.1. The molecular formula is C22H15BrClN3OS. The van der Waals surface area contributed by atoms with Crippen LogP contribution in [0.1, 0.15) is 22.7 Å². The van der Waals surface area contributed by atoms with E-state index < -0.39 is 0 Å². The molecular weight excluding hydrogens is 470 g/mol. The normalized spacial score (nSPS) is 11.8. The molecule has 0 spiro atoms. The molecule has 144 valence electrons. The standard InChI is InChI=1S/C22H15BrClN3OS/c1-12-7-19-20(8-13(12)2)27-21(26-19)14(11-25)9-16-10-18(23)22(28-16)29-17-5-3-15(24)4-6-17/h3-10H,1-2H3,(H,26,27)/b14-9-. The van der Waals surface area contributed by atoms with E-state index in [0.717, 1.165) is 26.0 Å². The van der Waals surface area contributed by atoms with Gasteiger partial charge in [-0.1, -0.05) is 23.4 Å². The molecule has 1 N–H and O–H groups in total. The summed E-state index contributed by atoms with van der Waals surface area (Å²) < 4.78 is 6.75. The van der Waals surface area contributed by atoms with Crippen LogP contribution in [0.2, 0.25) is 5.02 Å². The first kappa shape index (κ1) is 19.8. The predicted octanol–water partition coefficient (Wildman–Crippen LogP) is 7.40. The number of aryl methyl sites for hydroxylation is 2. The molecule has 0 atom stereocenters. The zero-order valence-corrected chi connectivity index (χ0v) is 18.7. The van der Waals surface area contributed by atoms with Crippen LogP contribution in [-0.4, -0.2) is 9.97 Å². The number of allylic oxidation sites excluding steroid dienone is 1. The first-order valence-electron chi connectivity index (χ1n) is 8.75. The molecule has 0 unspecified atom stereocenters. The van der Waals surface area contributed by atoms with Crippen molar-refractivity contribution < 1.29 is 4.42 Å². The lowest BCUT2D eigenvalue weighted by molar-refractivity contribution is 0.463. The number of aromatic amines is 1. The quantitative estimate of drug-likeness (QED) is 0.306. The number of fused-ring (bicyclic) bond motifs is 1. The summed E-state index contributed by atoms with van der Waals surface area (Å²) in [7, 11) is 0. The molecule has 2 aromatic carbocycles. The molecule has 29 heavy (non-hydrogen) atoms. The van der Waals surface area contributed by atoms with Crippen LogP contribution in [0.5, 0.6) is 0 Å². The van der Waals surface area contributed by atoms with Crippen molar-refractivity contribution in [3.8, 4) is 6.07 Å². The minimum absolute atomic E-state index is 0.404. The molecule has 7 heteroatoms. The number of nitrogens with zero attached hydrogens (tertiary/aromatic N) is 2. The number of nitriles is 1. The van der Waals surface area contributed by atoms with Gasteiger partial charge in [0.25, 0.3) is 0 Å². The first-order chi connectivity index (χ1) is 13.9. The molecule has 4 aromatic rings. The molecule has 0 fully saturated rings. The van der Waals surface area contributed by atoms with E-state index in [1.807, 2.05) is 49.4 Å². The molecule has 0 aliphatic carbocycles. The number of imidazole rings is 1. The molecule has 0 bridgehead atoms. The van der Waals surface area contributed by atoms with Crippen LogP contribution in [0.25, 0.3) is 22.7 Å². The van der Waals surface area contributed by atoms with E-state index in [-0.39, 0.29) is 0 Å². The van der Waals surface area contributed by atoms with Gasteiger partial charge in [-0.15, -0.1) is 0 Å². The van der Waals surface area contributed by atoms with Gasteiger partial charge in [-0.25, -0.2) is 4.98 Å². The largest absolute Gasteiger partial charge is 0.449 e. The van der Waals surface area contributed by atoms with E-state index in [1.54, 1.807) is 6.08 Å². The minimum Gasteiger partial charge on any atom is -0.449 e. The number of rotatable bonds is 4. The summed E-state index contributed by atoms with van der Waals surface area (Å²) >= 11 is 10.9. The SMILES string of the molecule is Cc1cc2nc(/C(C#N)=C\c3cc(Br)c(Sc4ccc(Cl)cc4)o3)[nH]c2cc1C. The molecule has 2 heterocycles. The Bertz CT molecular complexity index is 1240. The number of hydrogen-bond donors (Lipinski definition) is 1. The maximum absolute atomic E-state index is 9.66. The van der Waals surface area contributed by atoms with Crippen molar-refractivity contribution in [1.82, 2.24) is 9.97 Å². The summed E-state index contributed by atoms with van der Waals surface area (Å²) in [4.78, 5) is 8.80. The van der Waals surface area contributed by atoms with Crippen molar-refractivity contribution in [2.75, 3.05) is 0 Å². The van der Waals surface area contributed by atoms with Crippen molar-refractivity contribution in [1.29, 1.82) is 5.26 Å². The fraction of sp³-hybridized carbons (Fsp3) is 0.0909. The van der Waals surface area contributed by atoms with Gasteiger partial charge in [0.2, 0.25) is 0 Å². The second kappa shape index (κ2) is 8.11. The van der Waals surface area contributed by atoms with E-state index >= 15 is 0 Å². The van der Waals surface area contributed by atoms with Crippen molar-refractivity contribution in [3.63, 3.8) is 0 Å². The Kier molecular flexibility index (Phi) is 5.55. The molecule has 0 saturated carbocycles. The van der Waals surface area contributed by atoms with Crippen molar-refractivity contribution in [2.24, 2.45) is 0 Å². The Labute approximate surface area is 185 Å². The second-order valence-corrected chi connectivity index (χ2v) is 8.89. The maximum atomic E-state index is 9.66. The summed E-state index contributed by atoms with van der Waals surface area (Å²) in [5.41, 5.74) is 4.49. The van der Waals surface area contributed by atoms with Crippen LogP contribution in [0.3, 0.4) is 0 Å².